The second-order valence-corrected chi connectivity index (χ2v) is 5.34. The van der Waals surface area contributed by atoms with Crippen molar-refractivity contribution in [3.63, 3.8) is 0 Å². The van der Waals surface area contributed by atoms with Crippen molar-refractivity contribution in [2.45, 2.75) is 24.3 Å². The predicted molar refractivity (Wildman–Crippen MR) is 61.5 cm³/mol. The first kappa shape index (κ1) is 12.7. The van der Waals surface area contributed by atoms with Gasteiger partial charge in [-0.15, -0.1) is 0 Å². The second-order valence-electron chi connectivity index (χ2n) is 3.39. The van der Waals surface area contributed by atoms with E-state index in [4.69, 9.17) is 10.9 Å². The highest BCUT2D eigenvalue weighted by Gasteiger charge is 2.23. The highest BCUT2D eigenvalue weighted by molar-refractivity contribution is 8.06. The number of aliphatic hydroxyl groups excluding tert-OH is 1. The van der Waals surface area contributed by atoms with Gasteiger partial charge in [0.15, 0.2) is 5.04 Å². The minimum Gasteiger partial charge on any atom is -0.393 e. The first-order chi connectivity index (χ1) is 7.48. The number of rotatable bonds is 3. The summed E-state index contributed by atoms with van der Waals surface area (Å²) >= 11 is 0. The lowest BCUT2D eigenvalue weighted by atomic mass is 10.3. The average molecular weight is 242 g/mol. The lowest BCUT2D eigenvalue weighted by Gasteiger charge is -2.08. The summed E-state index contributed by atoms with van der Waals surface area (Å²) < 4.78 is 24.0. The molecule has 0 aliphatic heterocycles. The topological polar surface area (TPSA) is 92.8 Å². The molecule has 0 bridgehead atoms. The Bertz CT molecular complexity index is 466. The molecule has 16 heavy (non-hydrogen) atoms. The van der Waals surface area contributed by atoms with E-state index in [0.717, 1.165) is 0 Å². The molecule has 1 aromatic rings. The van der Waals surface area contributed by atoms with Crippen LogP contribution in [-0.2, 0) is 9.84 Å². The summed E-state index contributed by atoms with van der Waals surface area (Å²) in [5, 5.41) is 12.2. The molecule has 3 N–H and O–H groups in total. The first-order valence-electron chi connectivity index (χ1n) is 4.73. The van der Waals surface area contributed by atoms with Gasteiger partial charge < -0.3 is 10.9 Å². The monoisotopic (exact) mass is 242 g/mol. The summed E-state index contributed by atoms with van der Waals surface area (Å²) in [6, 6.07) is 7.87. The van der Waals surface area contributed by atoms with Gasteiger partial charge in [0.1, 0.15) is 0 Å². The SMILES string of the molecule is CC(O)CC(=NN)S(=O)(=O)c1ccccc1. The van der Waals surface area contributed by atoms with Crippen LogP contribution in [0.25, 0.3) is 0 Å². The van der Waals surface area contributed by atoms with Gasteiger partial charge in [0.2, 0.25) is 9.84 Å². The van der Waals surface area contributed by atoms with Crippen LogP contribution in [0, 0.1) is 0 Å². The quantitative estimate of drug-likeness (QED) is 0.349. The zero-order valence-corrected chi connectivity index (χ0v) is 9.68. The van der Waals surface area contributed by atoms with Crippen molar-refractivity contribution < 1.29 is 13.5 Å². The smallest absolute Gasteiger partial charge is 0.221 e. The maximum Gasteiger partial charge on any atom is 0.221 e. The molecule has 1 atom stereocenters. The Labute approximate surface area is 94.5 Å². The van der Waals surface area contributed by atoms with Crippen LogP contribution >= 0.6 is 0 Å². The van der Waals surface area contributed by atoms with Crippen LogP contribution in [-0.4, -0.2) is 24.7 Å². The minimum absolute atomic E-state index is 0.0896. The summed E-state index contributed by atoms with van der Waals surface area (Å²) in [5.41, 5.74) is 0. The molecule has 0 radical (unpaired) electrons. The van der Waals surface area contributed by atoms with Crippen molar-refractivity contribution >= 4 is 14.9 Å². The molecule has 0 saturated heterocycles. The summed E-state index contributed by atoms with van der Waals surface area (Å²) in [6.45, 7) is 1.48. The Morgan fingerprint density at radius 3 is 2.44 bits per heavy atom. The molecule has 0 amide bonds. The number of nitrogens with two attached hydrogens (primary N) is 1. The molecule has 0 heterocycles. The third kappa shape index (κ3) is 2.80. The van der Waals surface area contributed by atoms with Crippen LogP contribution in [0.3, 0.4) is 0 Å². The Balaban J connectivity index is 3.11. The van der Waals surface area contributed by atoms with Crippen LogP contribution in [0.15, 0.2) is 40.3 Å². The van der Waals surface area contributed by atoms with E-state index in [-0.39, 0.29) is 16.4 Å². The van der Waals surface area contributed by atoms with Gasteiger partial charge in [-0.25, -0.2) is 8.42 Å². The number of sulfone groups is 1. The Morgan fingerprint density at radius 2 is 2.00 bits per heavy atom. The van der Waals surface area contributed by atoms with Gasteiger partial charge in [-0.2, -0.15) is 5.10 Å². The van der Waals surface area contributed by atoms with Gasteiger partial charge in [0.05, 0.1) is 11.0 Å². The van der Waals surface area contributed by atoms with E-state index in [2.05, 4.69) is 5.10 Å². The van der Waals surface area contributed by atoms with E-state index in [1.807, 2.05) is 0 Å². The number of aliphatic hydroxyl groups is 1. The van der Waals surface area contributed by atoms with Crippen molar-refractivity contribution in [2.24, 2.45) is 10.9 Å². The molecule has 1 aromatic carbocycles. The molecule has 0 saturated carbocycles. The number of benzene rings is 1. The van der Waals surface area contributed by atoms with Gasteiger partial charge in [-0.3, -0.25) is 0 Å². The fourth-order valence-electron chi connectivity index (χ4n) is 1.22. The molecule has 0 spiro atoms. The van der Waals surface area contributed by atoms with Crippen LogP contribution in [0.2, 0.25) is 0 Å². The van der Waals surface area contributed by atoms with E-state index in [1.165, 1.54) is 19.1 Å². The maximum absolute atomic E-state index is 12.0. The van der Waals surface area contributed by atoms with Crippen LogP contribution < -0.4 is 5.84 Å². The Hall–Kier alpha value is -1.40. The zero-order valence-electron chi connectivity index (χ0n) is 8.87. The number of hydrogen-bond acceptors (Lipinski definition) is 5. The normalized spacial score (nSPS) is 14.8. The fraction of sp³-hybridized carbons (Fsp3) is 0.300. The molecule has 0 aliphatic rings. The largest absolute Gasteiger partial charge is 0.393 e. The number of hydrazone groups is 1. The van der Waals surface area contributed by atoms with E-state index in [1.54, 1.807) is 18.2 Å². The van der Waals surface area contributed by atoms with Crippen molar-refractivity contribution in [3.05, 3.63) is 30.3 Å². The first-order valence-corrected chi connectivity index (χ1v) is 6.21. The van der Waals surface area contributed by atoms with E-state index in [9.17, 15) is 8.42 Å². The van der Waals surface area contributed by atoms with Crippen molar-refractivity contribution in [1.82, 2.24) is 0 Å². The van der Waals surface area contributed by atoms with Gasteiger partial charge in [-0.05, 0) is 19.1 Å². The molecule has 0 fully saturated rings. The summed E-state index contributed by atoms with van der Waals surface area (Å²) in [5.74, 6) is 5.04. The number of hydrogen-bond donors (Lipinski definition) is 2. The van der Waals surface area contributed by atoms with Gasteiger partial charge >= 0.3 is 0 Å². The van der Waals surface area contributed by atoms with E-state index in [0.29, 0.717) is 0 Å². The van der Waals surface area contributed by atoms with E-state index < -0.39 is 15.9 Å². The molecule has 1 unspecified atom stereocenters. The molecule has 0 aromatic heterocycles. The summed E-state index contributed by atoms with van der Waals surface area (Å²) in [7, 11) is -3.68. The van der Waals surface area contributed by atoms with Gasteiger partial charge in [0, 0.05) is 6.42 Å². The average Bonchev–Trinajstić information content (AvgIpc) is 2.26. The van der Waals surface area contributed by atoms with E-state index >= 15 is 0 Å². The molecular formula is C10H14N2O3S. The summed E-state index contributed by atoms with van der Waals surface area (Å²) in [6.07, 6.45) is -0.894. The number of nitrogens with zero attached hydrogens (tertiary/aromatic N) is 1. The molecule has 6 heteroatoms. The van der Waals surface area contributed by atoms with Crippen molar-refractivity contribution in [2.75, 3.05) is 0 Å². The Morgan fingerprint density at radius 1 is 1.44 bits per heavy atom. The lowest BCUT2D eigenvalue weighted by Crippen LogP contribution is -2.21. The Kier molecular flexibility index (Phi) is 4.03. The molecule has 88 valence electrons. The third-order valence-corrected chi connectivity index (χ3v) is 3.76. The highest BCUT2D eigenvalue weighted by atomic mass is 32.2. The lowest BCUT2D eigenvalue weighted by molar-refractivity contribution is 0.203. The molecule has 0 aliphatic carbocycles. The predicted octanol–water partition coefficient (Wildman–Crippen LogP) is 0.503. The van der Waals surface area contributed by atoms with Crippen molar-refractivity contribution in [1.29, 1.82) is 0 Å². The van der Waals surface area contributed by atoms with Crippen LogP contribution in [0.4, 0.5) is 0 Å². The standard InChI is InChI=1S/C10H14N2O3S/c1-8(13)7-10(12-11)16(14,15)9-5-3-2-4-6-9/h2-6,8,13H,7,11H2,1H3. The third-order valence-electron chi connectivity index (χ3n) is 1.98. The zero-order chi connectivity index (χ0) is 12.2. The van der Waals surface area contributed by atoms with Gasteiger partial charge in [0.25, 0.3) is 0 Å². The maximum atomic E-state index is 12.0. The molecule has 5 nitrogen and oxygen atoms in total. The second kappa shape index (κ2) is 5.09. The highest BCUT2D eigenvalue weighted by Crippen LogP contribution is 2.14. The minimum atomic E-state index is -3.68. The molecular weight excluding hydrogens is 228 g/mol. The van der Waals surface area contributed by atoms with Crippen LogP contribution in [0.5, 0.6) is 0 Å². The van der Waals surface area contributed by atoms with Gasteiger partial charge in [-0.1, -0.05) is 18.2 Å². The summed E-state index contributed by atoms with van der Waals surface area (Å²) in [4.78, 5) is 0.125. The van der Waals surface area contributed by atoms with Crippen molar-refractivity contribution in [3.8, 4) is 0 Å². The fourth-order valence-corrected chi connectivity index (χ4v) is 2.61. The van der Waals surface area contributed by atoms with Crippen LogP contribution in [0.1, 0.15) is 13.3 Å². The molecule has 1 rings (SSSR count).